The maximum Gasteiger partial charge on any atom is 0.241 e. The van der Waals surface area contributed by atoms with Gasteiger partial charge >= 0.3 is 0 Å². The van der Waals surface area contributed by atoms with Crippen LogP contribution in [-0.2, 0) is 6.54 Å². The highest BCUT2D eigenvalue weighted by Gasteiger charge is 1.99. The standard InChI is InChI=1S/C11H9N3/c12-7-10-1-3-11(4-2-10)8-14-6-5-13-9-14/h1-6,9H,8H2/p+1. The number of imidazole rings is 1. The van der Waals surface area contributed by atoms with Crippen LogP contribution in [0.2, 0.25) is 0 Å². The normalized spacial score (nSPS) is 9.64. The van der Waals surface area contributed by atoms with E-state index in [1.54, 1.807) is 0 Å². The minimum Gasteiger partial charge on any atom is -0.250 e. The Kier molecular flexibility index (Phi) is 2.28. The Morgan fingerprint density at radius 1 is 1.29 bits per heavy atom. The van der Waals surface area contributed by atoms with Gasteiger partial charge in [0.2, 0.25) is 6.33 Å². The fourth-order valence-corrected chi connectivity index (χ4v) is 1.31. The quantitative estimate of drug-likeness (QED) is 0.701. The van der Waals surface area contributed by atoms with Gasteiger partial charge in [-0.3, -0.25) is 4.98 Å². The lowest BCUT2D eigenvalue weighted by Gasteiger charge is -1.96. The number of benzene rings is 1. The van der Waals surface area contributed by atoms with Gasteiger partial charge in [0, 0.05) is 0 Å². The number of hydrogen-bond donors (Lipinski definition) is 1. The van der Waals surface area contributed by atoms with Gasteiger partial charge in [-0.2, -0.15) is 5.26 Å². The molecule has 1 N–H and O–H groups in total. The Morgan fingerprint density at radius 2 is 2.07 bits per heavy atom. The molecular formula is C11H10N3+. The third-order valence-electron chi connectivity index (χ3n) is 2.05. The molecule has 3 heteroatoms. The summed E-state index contributed by atoms with van der Waals surface area (Å²) in [5.74, 6) is 0. The average Bonchev–Trinajstić information content (AvgIpc) is 2.72. The molecule has 0 unspecified atom stereocenters. The third kappa shape index (κ3) is 1.80. The molecule has 1 heterocycles. The average molecular weight is 184 g/mol. The first-order valence-electron chi connectivity index (χ1n) is 4.39. The molecule has 14 heavy (non-hydrogen) atoms. The van der Waals surface area contributed by atoms with Crippen LogP contribution in [0.1, 0.15) is 11.1 Å². The number of rotatable bonds is 2. The summed E-state index contributed by atoms with van der Waals surface area (Å²) in [6, 6.07) is 9.71. The molecule has 0 amide bonds. The van der Waals surface area contributed by atoms with E-state index in [0.29, 0.717) is 5.56 Å². The largest absolute Gasteiger partial charge is 0.250 e. The maximum atomic E-state index is 8.62. The number of nitrogens with one attached hydrogen (secondary N) is 1. The molecule has 1 aromatic carbocycles. The highest BCUT2D eigenvalue weighted by atomic mass is 15.0. The molecule has 0 fully saturated rings. The second-order valence-corrected chi connectivity index (χ2v) is 3.09. The second kappa shape index (κ2) is 3.75. The predicted octanol–water partition coefficient (Wildman–Crippen LogP) is 1.22. The molecule has 0 saturated carbocycles. The van der Waals surface area contributed by atoms with Gasteiger partial charge in [-0.15, -0.1) is 0 Å². The van der Waals surface area contributed by atoms with E-state index in [2.05, 4.69) is 11.1 Å². The Morgan fingerprint density at radius 3 is 2.64 bits per heavy atom. The van der Waals surface area contributed by atoms with Gasteiger partial charge in [0.15, 0.2) is 0 Å². The number of hydrogen-bond acceptors (Lipinski definition) is 1. The minimum atomic E-state index is 0.702. The molecule has 0 aliphatic carbocycles. The van der Waals surface area contributed by atoms with Crippen LogP contribution in [0.5, 0.6) is 0 Å². The first-order valence-corrected chi connectivity index (χ1v) is 4.39. The van der Waals surface area contributed by atoms with E-state index in [1.807, 2.05) is 47.6 Å². The second-order valence-electron chi connectivity index (χ2n) is 3.09. The number of aromatic nitrogens is 2. The van der Waals surface area contributed by atoms with E-state index in [1.165, 1.54) is 5.56 Å². The zero-order valence-corrected chi connectivity index (χ0v) is 7.64. The van der Waals surface area contributed by atoms with Crippen LogP contribution in [0, 0.1) is 11.3 Å². The fraction of sp³-hybridized carbons (Fsp3) is 0.0909. The van der Waals surface area contributed by atoms with Crippen LogP contribution in [0.3, 0.4) is 0 Å². The van der Waals surface area contributed by atoms with E-state index in [9.17, 15) is 0 Å². The van der Waals surface area contributed by atoms with Crippen molar-refractivity contribution in [2.75, 3.05) is 0 Å². The molecule has 2 aromatic rings. The zero-order valence-electron chi connectivity index (χ0n) is 7.64. The summed E-state index contributed by atoms with van der Waals surface area (Å²) in [6.07, 6.45) is 5.75. The molecule has 68 valence electrons. The summed E-state index contributed by atoms with van der Waals surface area (Å²) in [4.78, 5) is 2.98. The van der Waals surface area contributed by atoms with Crippen molar-refractivity contribution in [3.05, 3.63) is 54.1 Å². The Labute approximate surface area is 82.2 Å². The van der Waals surface area contributed by atoms with Gasteiger partial charge in [0.1, 0.15) is 18.9 Å². The van der Waals surface area contributed by atoms with Crippen molar-refractivity contribution in [2.24, 2.45) is 0 Å². The van der Waals surface area contributed by atoms with Crippen molar-refractivity contribution in [1.82, 2.24) is 4.98 Å². The molecule has 3 nitrogen and oxygen atoms in total. The van der Waals surface area contributed by atoms with Crippen molar-refractivity contribution >= 4 is 0 Å². The smallest absolute Gasteiger partial charge is 0.241 e. The van der Waals surface area contributed by atoms with Gasteiger partial charge in [0.25, 0.3) is 0 Å². The summed E-state index contributed by atoms with van der Waals surface area (Å²) in [6.45, 7) is 0.829. The lowest BCUT2D eigenvalue weighted by molar-refractivity contribution is -0.687. The van der Waals surface area contributed by atoms with Crippen molar-refractivity contribution in [1.29, 1.82) is 5.26 Å². The molecule has 0 spiro atoms. The number of H-pyrrole nitrogens is 1. The molecule has 1 aromatic heterocycles. The van der Waals surface area contributed by atoms with Crippen molar-refractivity contribution in [2.45, 2.75) is 6.54 Å². The summed E-state index contributed by atoms with van der Waals surface area (Å²) >= 11 is 0. The molecule has 0 radical (unpaired) electrons. The van der Waals surface area contributed by atoms with Gasteiger partial charge < -0.3 is 0 Å². The summed E-state index contributed by atoms with van der Waals surface area (Å²) < 4.78 is 2.04. The van der Waals surface area contributed by atoms with Gasteiger partial charge in [0.05, 0.1) is 11.6 Å². The predicted molar refractivity (Wildman–Crippen MR) is 51.2 cm³/mol. The van der Waals surface area contributed by atoms with Crippen molar-refractivity contribution in [3.63, 3.8) is 0 Å². The third-order valence-corrected chi connectivity index (χ3v) is 2.05. The summed E-state index contributed by atoms with van der Waals surface area (Å²) in [7, 11) is 0. The molecule has 0 atom stereocenters. The number of nitriles is 1. The lowest BCUT2D eigenvalue weighted by atomic mass is 10.1. The molecule has 0 aliphatic heterocycles. The zero-order chi connectivity index (χ0) is 9.80. The van der Waals surface area contributed by atoms with Gasteiger partial charge in [-0.1, -0.05) is 12.1 Å². The molecule has 2 rings (SSSR count). The van der Waals surface area contributed by atoms with Crippen molar-refractivity contribution < 1.29 is 4.57 Å². The van der Waals surface area contributed by atoms with Gasteiger partial charge in [-0.05, 0) is 17.7 Å². The van der Waals surface area contributed by atoms with E-state index < -0.39 is 0 Å². The monoisotopic (exact) mass is 184 g/mol. The van der Waals surface area contributed by atoms with E-state index in [0.717, 1.165) is 6.54 Å². The Bertz CT molecular complexity index is 434. The van der Waals surface area contributed by atoms with Gasteiger partial charge in [-0.25, -0.2) is 4.57 Å². The fourth-order valence-electron chi connectivity index (χ4n) is 1.31. The van der Waals surface area contributed by atoms with Crippen molar-refractivity contribution in [3.8, 4) is 6.07 Å². The SMILES string of the molecule is N#Cc1ccc(C[n+]2cc[nH]c2)cc1. The van der Waals surface area contributed by atoms with E-state index in [-0.39, 0.29) is 0 Å². The number of aromatic amines is 1. The summed E-state index contributed by atoms with van der Waals surface area (Å²) in [5.41, 5.74) is 1.89. The highest BCUT2D eigenvalue weighted by Crippen LogP contribution is 2.02. The molecule has 0 bridgehead atoms. The minimum absolute atomic E-state index is 0.702. The summed E-state index contributed by atoms with van der Waals surface area (Å²) in [5, 5.41) is 8.62. The van der Waals surface area contributed by atoms with Crippen LogP contribution in [0.4, 0.5) is 0 Å². The highest BCUT2D eigenvalue weighted by molar-refractivity contribution is 5.31. The lowest BCUT2D eigenvalue weighted by Crippen LogP contribution is -2.30. The van der Waals surface area contributed by atoms with Crippen LogP contribution < -0.4 is 4.57 Å². The van der Waals surface area contributed by atoms with Crippen LogP contribution in [0.25, 0.3) is 0 Å². The number of nitrogens with zero attached hydrogens (tertiary/aromatic N) is 2. The van der Waals surface area contributed by atoms with Crippen LogP contribution >= 0.6 is 0 Å². The van der Waals surface area contributed by atoms with Crippen LogP contribution in [0.15, 0.2) is 43.0 Å². The Balaban J connectivity index is 2.15. The molecule has 0 saturated heterocycles. The Hall–Kier alpha value is -2.08. The molecular weight excluding hydrogens is 174 g/mol. The maximum absolute atomic E-state index is 8.62. The molecule has 0 aliphatic rings. The van der Waals surface area contributed by atoms with E-state index >= 15 is 0 Å². The topological polar surface area (TPSA) is 43.5 Å². The van der Waals surface area contributed by atoms with Crippen LogP contribution in [-0.4, -0.2) is 4.98 Å². The first kappa shape index (κ1) is 8.52. The van der Waals surface area contributed by atoms with E-state index in [4.69, 9.17) is 5.26 Å². The first-order chi connectivity index (χ1) is 6.88.